The van der Waals surface area contributed by atoms with Crippen LogP contribution in [0.25, 0.3) is 0 Å². The third-order valence-electron chi connectivity index (χ3n) is 2.23. The van der Waals surface area contributed by atoms with Gasteiger partial charge in [0.25, 0.3) is 0 Å². The highest BCUT2D eigenvalue weighted by molar-refractivity contribution is 5.84. The molecule has 1 aromatic carbocycles. The van der Waals surface area contributed by atoms with Gasteiger partial charge in [0.15, 0.2) is 5.69 Å². The highest BCUT2D eigenvalue weighted by Gasteiger charge is 2.13. The lowest BCUT2D eigenvalue weighted by Gasteiger charge is -2.07. The average molecular weight is 265 g/mol. The molecule has 0 unspecified atom stereocenters. The number of carboxylic acid groups (broad SMARTS) is 1. The van der Waals surface area contributed by atoms with E-state index in [0.29, 0.717) is 17.2 Å². The fourth-order valence-electron chi connectivity index (χ4n) is 1.34. The Morgan fingerprint density at radius 2 is 1.74 bits per heavy atom. The first-order valence-corrected chi connectivity index (χ1v) is 5.22. The van der Waals surface area contributed by atoms with Crippen molar-refractivity contribution in [2.75, 3.05) is 14.2 Å². The van der Waals surface area contributed by atoms with Crippen molar-refractivity contribution in [3.05, 3.63) is 30.2 Å². The minimum absolute atomic E-state index is 0.173. The lowest BCUT2D eigenvalue weighted by atomic mass is 10.3. The molecule has 7 heteroatoms. The van der Waals surface area contributed by atoms with Crippen molar-refractivity contribution in [1.29, 1.82) is 0 Å². The topological polar surface area (TPSA) is 91.0 Å². The van der Waals surface area contributed by atoms with E-state index in [1.54, 1.807) is 18.2 Å². The lowest BCUT2D eigenvalue weighted by Crippen LogP contribution is -1.96. The van der Waals surface area contributed by atoms with Gasteiger partial charge < -0.3 is 23.7 Å². The third-order valence-corrected chi connectivity index (χ3v) is 2.23. The molecule has 100 valence electrons. The van der Waals surface area contributed by atoms with Gasteiger partial charge in [0.1, 0.15) is 23.5 Å². The summed E-state index contributed by atoms with van der Waals surface area (Å²) in [7, 11) is 3.01. The molecule has 0 atom stereocenters. The van der Waals surface area contributed by atoms with Crippen molar-refractivity contribution in [3.8, 4) is 23.3 Å². The molecule has 0 radical (unpaired) electrons. The molecule has 1 aromatic heterocycles. The minimum Gasteiger partial charge on any atom is -0.496 e. The zero-order valence-corrected chi connectivity index (χ0v) is 10.2. The van der Waals surface area contributed by atoms with Crippen LogP contribution in [-0.2, 0) is 0 Å². The summed E-state index contributed by atoms with van der Waals surface area (Å²) in [6, 6.07) is 4.85. The van der Waals surface area contributed by atoms with Crippen molar-refractivity contribution in [1.82, 2.24) is 4.98 Å². The van der Waals surface area contributed by atoms with E-state index in [4.69, 9.17) is 23.7 Å². The van der Waals surface area contributed by atoms with E-state index in [2.05, 4.69) is 4.98 Å². The molecule has 19 heavy (non-hydrogen) atoms. The summed E-state index contributed by atoms with van der Waals surface area (Å²) in [4.78, 5) is 14.3. The van der Waals surface area contributed by atoms with E-state index in [1.807, 2.05) is 0 Å². The summed E-state index contributed by atoms with van der Waals surface area (Å²) in [5.41, 5.74) is -0.232. The normalized spacial score (nSPS) is 10.0. The molecule has 1 heterocycles. The Morgan fingerprint density at radius 3 is 2.21 bits per heavy atom. The van der Waals surface area contributed by atoms with Gasteiger partial charge >= 0.3 is 12.0 Å². The van der Waals surface area contributed by atoms with Gasteiger partial charge in [-0.3, -0.25) is 0 Å². The van der Waals surface area contributed by atoms with Gasteiger partial charge in [0.05, 0.1) is 14.2 Å². The second-order valence-corrected chi connectivity index (χ2v) is 3.45. The molecule has 2 aromatic rings. The van der Waals surface area contributed by atoms with E-state index in [0.717, 1.165) is 6.26 Å². The Kier molecular flexibility index (Phi) is 3.56. The van der Waals surface area contributed by atoms with Crippen LogP contribution in [0.15, 0.2) is 28.9 Å². The smallest absolute Gasteiger partial charge is 0.399 e. The fourth-order valence-corrected chi connectivity index (χ4v) is 1.34. The first-order chi connectivity index (χ1) is 9.12. The van der Waals surface area contributed by atoms with Crippen molar-refractivity contribution < 1.29 is 28.5 Å². The van der Waals surface area contributed by atoms with Crippen LogP contribution in [0, 0.1) is 0 Å². The molecule has 0 spiro atoms. The van der Waals surface area contributed by atoms with Crippen LogP contribution in [0.5, 0.6) is 23.3 Å². The largest absolute Gasteiger partial charge is 0.496 e. The highest BCUT2D eigenvalue weighted by atomic mass is 16.6. The molecule has 0 aliphatic rings. The molecule has 0 aliphatic heterocycles. The summed E-state index contributed by atoms with van der Waals surface area (Å²) in [6.45, 7) is 0. The van der Waals surface area contributed by atoms with Gasteiger partial charge in [-0.15, -0.1) is 0 Å². The van der Waals surface area contributed by atoms with Gasteiger partial charge in [-0.1, -0.05) is 0 Å². The lowest BCUT2D eigenvalue weighted by molar-refractivity contribution is 0.0690. The molecule has 0 fully saturated rings. The van der Waals surface area contributed by atoms with Crippen molar-refractivity contribution in [2.45, 2.75) is 0 Å². The van der Waals surface area contributed by atoms with Crippen LogP contribution < -0.4 is 14.2 Å². The maximum atomic E-state index is 10.6. The Morgan fingerprint density at radius 1 is 1.16 bits per heavy atom. The van der Waals surface area contributed by atoms with E-state index in [9.17, 15) is 4.79 Å². The number of oxazole rings is 1. The summed E-state index contributed by atoms with van der Waals surface area (Å²) < 4.78 is 20.3. The number of rotatable bonds is 5. The Balaban J connectivity index is 2.23. The number of hydrogen-bond acceptors (Lipinski definition) is 6. The molecule has 2 rings (SSSR count). The van der Waals surface area contributed by atoms with Crippen LogP contribution in [0.1, 0.15) is 10.5 Å². The molecular formula is C12H11NO6. The summed E-state index contributed by atoms with van der Waals surface area (Å²) >= 11 is 0. The highest BCUT2D eigenvalue weighted by Crippen LogP contribution is 2.30. The summed E-state index contributed by atoms with van der Waals surface area (Å²) in [5, 5.41) is 8.71. The summed E-state index contributed by atoms with van der Waals surface area (Å²) in [6.07, 6.45) is 0.822. The van der Waals surface area contributed by atoms with Gasteiger partial charge in [-0.05, 0) is 0 Å². The van der Waals surface area contributed by atoms with Crippen LogP contribution in [0.2, 0.25) is 0 Å². The first kappa shape index (κ1) is 12.7. The van der Waals surface area contributed by atoms with Crippen LogP contribution in [0.3, 0.4) is 0 Å². The van der Waals surface area contributed by atoms with Gasteiger partial charge in [-0.2, -0.15) is 4.98 Å². The quantitative estimate of drug-likeness (QED) is 0.885. The van der Waals surface area contributed by atoms with Gasteiger partial charge in [0.2, 0.25) is 0 Å². The van der Waals surface area contributed by atoms with Crippen molar-refractivity contribution in [2.24, 2.45) is 0 Å². The maximum Gasteiger partial charge on any atom is 0.399 e. The number of methoxy groups -OCH3 is 2. The maximum absolute atomic E-state index is 10.6. The molecule has 0 saturated heterocycles. The van der Waals surface area contributed by atoms with E-state index < -0.39 is 5.97 Å². The Labute approximate surface area is 108 Å². The number of carbonyl (C=O) groups is 1. The molecule has 0 aliphatic carbocycles. The minimum atomic E-state index is -1.19. The number of hydrogen-bond donors (Lipinski definition) is 1. The number of nitrogens with zero attached hydrogens (tertiary/aromatic N) is 1. The molecule has 0 amide bonds. The van der Waals surface area contributed by atoms with Gasteiger partial charge in [0, 0.05) is 18.2 Å². The Hall–Kier alpha value is -2.70. The van der Waals surface area contributed by atoms with Crippen molar-refractivity contribution in [3.63, 3.8) is 0 Å². The van der Waals surface area contributed by atoms with Gasteiger partial charge in [-0.25, -0.2) is 4.79 Å². The second kappa shape index (κ2) is 5.30. The zero-order valence-electron chi connectivity index (χ0n) is 10.2. The predicted molar refractivity (Wildman–Crippen MR) is 63.1 cm³/mol. The first-order valence-electron chi connectivity index (χ1n) is 5.22. The van der Waals surface area contributed by atoms with Crippen LogP contribution in [0.4, 0.5) is 0 Å². The fraction of sp³-hybridized carbons (Fsp3) is 0.167. The average Bonchev–Trinajstić information content (AvgIpc) is 2.87. The number of carboxylic acids is 1. The van der Waals surface area contributed by atoms with Crippen LogP contribution in [-0.4, -0.2) is 30.3 Å². The summed E-state index contributed by atoms with van der Waals surface area (Å²) in [5.74, 6) is 0.218. The third kappa shape index (κ3) is 2.95. The molecule has 7 nitrogen and oxygen atoms in total. The second-order valence-electron chi connectivity index (χ2n) is 3.45. The molecule has 0 bridgehead atoms. The van der Waals surface area contributed by atoms with Crippen LogP contribution >= 0.6 is 0 Å². The number of ether oxygens (including phenoxy) is 3. The Bertz CT molecular complexity index is 569. The molecular weight excluding hydrogens is 254 g/mol. The van der Waals surface area contributed by atoms with Crippen molar-refractivity contribution >= 4 is 5.97 Å². The standard InChI is InChI=1S/C12H11NO6/c1-16-7-3-8(17-2)5-9(4-7)19-12-13-10(6-18-12)11(14)15/h3-6H,1-2H3,(H,14,15). The van der Waals surface area contributed by atoms with E-state index in [1.165, 1.54) is 14.2 Å². The van der Waals surface area contributed by atoms with E-state index in [-0.39, 0.29) is 11.8 Å². The molecule has 1 N–H and O–H groups in total. The number of benzene rings is 1. The molecule has 0 saturated carbocycles. The number of aromatic nitrogens is 1. The number of aromatic carboxylic acids is 1. The monoisotopic (exact) mass is 265 g/mol. The van der Waals surface area contributed by atoms with E-state index >= 15 is 0 Å². The SMILES string of the molecule is COc1cc(OC)cc(Oc2nc(C(=O)O)co2)c1. The predicted octanol–water partition coefficient (Wildman–Crippen LogP) is 2.18. The zero-order chi connectivity index (χ0) is 13.8.